The van der Waals surface area contributed by atoms with Gasteiger partial charge in [0.25, 0.3) is 0 Å². The molecule has 0 aliphatic carbocycles. The van der Waals surface area contributed by atoms with E-state index in [1.165, 1.54) is 13.2 Å². The minimum atomic E-state index is -0.503. The highest BCUT2D eigenvalue weighted by molar-refractivity contribution is 5.91. The van der Waals surface area contributed by atoms with Gasteiger partial charge in [-0.1, -0.05) is 6.07 Å². The van der Waals surface area contributed by atoms with Crippen LogP contribution in [0, 0.1) is 11.7 Å². The fourth-order valence-electron chi connectivity index (χ4n) is 2.97. The molecule has 0 unspecified atom stereocenters. The van der Waals surface area contributed by atoms with Crippen molar-refractivity contribution in [2.45, 2.75) is 19.4 Å². The minimum absolute atomic E-state index is 0.0867. The Bertz CT molecular complexity index is 682. The Hall–Kier alpha value is -2.57. The first-order valence-electron chi connectivity index (χ1n) is 8.03. The van der Waals surface area contributed by atoms with Crippen LogP contribution in [0.4, 0.5) is 14.9 Å². The summed E-state index contributed by atoms with van der Waals surface area (Å²) in [5, 5.41) is 6.85. The van der Waals surface area contributed by atoms with Crippen LogP contribution >= 0.6 is 0 Å². The van der Waals surface area contributed by atoms with Gasteiger partial charge >= 0.3 is 6.03 Å². The molecule has 7 heteroatoms. The van der Waals surface area contributed by atoms with Crippen LogP contribution in [0.1, 0.15) is 12.8 Å². The average Bonchev–Trinajstić information content (AvgIpc) is 3.10. The Morgan fingerprint density at radius 3 is 2.83 bits per heavy atom. The van der Waals surface area contributed by atoms with Crippen LogP contribution in [-0.2, 0) is 6.54 Å². The highest BCUT2D eigenvalue weighted by Crippen LogP contribution is 2.28. The second-order valence-corrected chi connectivity index (χ2v) is 5.91. The van der Waals surface area contributed by atoms with Crippen molar-refractivity contribution in [1.29, 1.82) is 0 Å². The van der Waals surface area contributed by atoms with Crippen molar-refractivity contribution in [1.82, 2.24) is 14.7 Å². The summed E-state index contributed by atoms with van der Waals surface area (Å²) < 4.78 is 20.9. The highest BCUT2D eigenvalue weighted by atomic mass is 19.1. The molecule has 1 aromatic heterocycles. The topological polar surface area (TPSA) is 59.4 Å². The predicted molar refractivity (Wildman–Crippen MR) is 88.5 cm³/mol. The van der Waals surface area contributed by atoms with Crippen LogP contribution in [0.2, 0.25) is 0 Å². The fourth-order valence-corrected chi connectivity index (χ4v) is 2.97. The first-order chi connectivity index (χ1) is 11.7. The molecule has 2 heterocycles. The van der Waals surface area contributed by atoms with Crippen molar-refractivity contribution >= 4 is 11.7 Å². The summed E-state index contributed by atoms with van der Waals surface area (Å²) in [5.41, 5.74) is 0.0867. The molecular formula is C17H21FN4O2. The number of hydrogen-bond acceptors (Lipinski definition) is 3. The van der Waals surface area contributed by atoms with Gasteiger partial charge < -0.3 is 15.0 Å². The number of ether oxygens (including phenoxy) is 1. The first-order valence-corrected chi connectivity index (χ1v) is 8.03. The molecular weight excluding hydrogens is 311 g/mol. The number of urea groups is 1. The molecule has 3 rings (SSSR count). The van der Waals surface area contributed by atoms with E-state index in [1.807, 2.05) is 16.9 Å². The number of likely N-dealkylation sites (tertiary alicyclic amines) is 1. The Kier molecular flexibility index (Phi) is 4.98. The molecule has 1 aliphatic heterocycles. The lowest BCUT2D eigenvalue weighted by atomic mass is 9.97. The van der Waals surface area contributed by atoms with E-state index >= 15 is 0 Å². The number of carbonyl (C=O) groups is 1. The molecule has 24 heavy (non-hydrogen) atoms. The van der Waals surface area contributed by atoms with Gasteiger partial charge in [0.1, 0.15) is 11.4 Å². The number of para-hydroxylation sites is 1. The van der Waals surface area contributed by atoms with Crippen LogP contribution in [-0.4, -0.2) is 40.9 Å². The smallest absolute Gasteiger partial charge is 0.322 e. The Balaban J connectivity index is 1.56. The lowest BCUT2D eigenvalue weighted by Gasteiger charge is -2.32. The number of nitrogens with one attached hydrogen (secondary N) is 1. The molecule has 0 spiro atoms. The van der Waals surface area contributed by atoms with E-state index in [2.05, 4.69) is 10.4 Å². The molecule has 0 atom stereocenters. The molecule has 0 saturated carbocycles. The average molecular weight is 332 g/mol. The van der Waals surface area contributed by atoms with Crippen LogP contribution in [0.5, 0.6) is 5.75 Å². The molecule has 6 nitrogen and oxygen atoms in total. The number of piperidine rings is 1. The van der Waals surface area contributed by atoms with Gasteiger partial charge in [0.15, 0.2) is 5.82 Å². The summed E-state index contributed by atoms with van der Waals surface area (Å²) in [6.07, 6.45) is 5.53. The molecule has 2 aromatic rings. The maximum absolute atomic E-state index is 13.9. The summed E-state index contributed by atoms with van der Waals surface area (Å²) in [4.78, 5) is 14.1. The van der Waals surface area contributed by atoms with E-state index in [9.17, 15) is 9.18 Å². The van der Waals surface area contributed by atoms with E-state index in [0.29, 0.717) is 24.8 Å². The third-order valence-electron chi connectivity index (χ3n) is 4.33. The number of hydrogen-bond donors (Lipinski definition) is 1. The van der Waals surface area contributed by atoms with E-state index in [1.54, 1.807) is 23.2 Å². The Morgan fingerprint density at radius 1 is 1.38 bits per heavy atom. The third kappa shape index (κ3) is 3.67. The standard InChI is InChI=1S/C17H21FN4O2/c1-24-15-5-2-4-14(18)16(15)20-17(23)21-10-6-13(7-11-21)12-22-9-3-8-19-22/h2-5,8-9,13H,6-7,10-12H2,1H3,(H,20,23). The molecule has 1 aromatic carbocycles. The minimum Gasteiger partial charge on any atom is -0.494 e. The second-order valence-electron chi connectivity index (χ2n) is 5.91. The summed E-state index contributed by atoms with van der Waals surface area (Å²) in [7, 11) is 1.45. The van der Waals surface area contributed by atoms with Crippen LogP contribution in [0.3, 0.4) is 0 Å². The molecule has 128 valence electrons. The number of rotatable bonds is 4. The highest BCUT2D eigenvalue weighted by Gasteiger charge is 2.24. The number of nitrogens with zero attached hydrogens (tertiary/aromatic N) is 3. The quantitative estimate of drug-likeness (QED) is 0.936. The van der Waals surface area contributed by atoms with Gasteiger partial charge in [0.2, 0.25) is 0 Å². The van der Waals surface area contributed by atoms with Crippen molar-refractivity contribution in [3.8, 4) is 5.75 Å². The molecule has 1 aliphatic rings. The van der Waals surface area contributed by atoms with Gasteiger partial charge in [0.05, 0.1) is 7.11 Å². The van der Waals surface area contributed by atoms with Crippen LogP contribution < -0.4 is 10.1 Å². The van der Waals surface area contributed by atoms with E-state index < -0.39 is 5.82 Å². The number of anilines is 1. The van der Waals surface area contributed by atoms with Gasteiger partial charge in [0, 0.05) is 32.0 Å². The van der Waals surface area contributed by atoms with Gasteiger partial charge in [-0.05, 0) is 37.0 Å². The fraction of sp³-hybridized carbons (Fsp3) is 0.412. The largest absolute Gasteiger partial charge is 0.494 e. The number of aromatic nitrogens is 2. The van der Waals surface area contributed by atoms with E-state index in [0.717, 1.165) is 19.4 Å². The van der Waals surface area contributed by atoms with Gasteiger partial charge in [-0.2, -0.15) is 5.10 Å². The second kappa shape index (κ2) is 7.33. The molecule has 2 amide bonds. The lowest BCUT2D eigenvalue weighted by molar-refractivity contribution is 0.175. The van der Waals surface area contributed by atoms with Crippen LogP contribution in [0.25, 0.3) is 0 Å². The summed E-state index contributed by atoms with van der Waals surface area (Å²) >= 11 is 0. The first kappa shape index (κ1) is 16.3. The third-order valence-corrected chi connectivity index (χ3v) is 4.33. The summed E-state index contributed by atoms with van der Waals surface area (Å²) in [6, 6.07) is 6.08. The van der Waals surface area contributed by atoms with Crippen LogP contribution in [0.15, 0.2) is 36.7 Å². The zero-order valence-electron chi connectivity index (χ0n) is 13.6. The lowest BCUT2D eigenvalue weighted by Crippen LogP contribution is -2.41. The monoisotopic (exact) mass is 332 g/mol. The summed E-state index contributed by atoms with van der Waals surface area (Å²) in [5.74, 6) is 0.310. The molecule has 0 bridgehead atoms. The van der Waals surface area contributed by atoms with Crippen molar-refractivity contribution < 1.29 is 13.9 Å². The van der Waals surface area contributed by atoms with Gasteiger partial charge in [-0.25, -0.2) is 9.18 Å². The normalized spacial score (nSPS) is 15.3. The Labute approximate surface area is 140 Å². The SMILES string of the molecule is COc1cccc(F)c1NC(=O)N1CCC(Cn2cccn2)CC1. The van der Waals surface area contributed by atoms with E-state index in [-0.39, 0.29) is 11.7 Å². The zero-order chi connectivity index (χ0) is 16.9. The molecule has 1 fully saturated rings. The number of carbonyl (C=O) groups excluding carboxylic acids is 1. The van der Waals surface area contributed by atoms with Crippen molar-refractivity contribution in [3.05, 3.63) is 42.5 Å². The molecule has 0 radical (unpaired) electrons. The van der Waals surface area contributed by atoms with Crippen molar-refractivity contribution in [2.75, 3.05) is 25.5 Å². The molecule has 1 N–H and O–H groups in total. The number of halogens is 1. The maximum atomic E-state index is 13.9. The maximum Gasteiger partial charge on any atom is 0.322 e. The van der Waals surface area contributed by atoms with Crippen molar-refractivity contribution in [2.24, 2.45) is 5.92 Å². The zero-order valence-corrected chi connectivity index (χ0v) is 13.6. The molecule has 1 saturated heterocycles. The van der Waals surface area contributed by atoms with Crippen molar-refractivity contribution in [3.63, 3.8) is 0 Å². The van der Waals surface area contributed by atoms with E-state index in [4.69, 9.17) is 4.74 Å². The Morgan fingerprint density at radius 2 is 2.17 bits per heavy atom. The summed E-state index contributed by atoms with van der Waals surface area (Å²) in [6.45, 7) is 2.16. The number of amides is 2. The number of methoxy groups -OCH3 is 1. The van der Waals surface area contributed by atoms with Gasteiger partial charge in [-0.15, -0.1) is 0 Å². The number of benzene rings is 1. The van der Waals surface area contributed by atoms with Gasteiger partial charge in [-0.3, -0.25) is 4.68 Å². The predicted octanol–water partition coefficient (Wildman–Crippen LogP) is 2.97.